The standard InChI is InChI=1S/C15H22F3N3O/c1-2-3-7-20-9-6-19-14(20)12-5-4-8-21(11-12)13(22)10-15(16,17)18/h6,9,12H,2-5,7-8,10-11H2,1H3. The van der Waals surface area contributed by atoms with Gasteiger partial charge in [-0.1, -0.05) is 13.3 Å². The second kappa shape index (κ2) is 7.15. The first-order chi connectivity index (χ1) is 10.4. The van der Waals surface area contributed by atoms with Gasteiger partial charge in [-0.25, -0.2) is 4.98 Å². The smallest absolute Gasteiger partial charge is 0.342 e. The lowest BCUT2D eigenvalue weighted by atomic mass is 9.96. The molecule has 0 bridgehead atoms. The molecule has 1 saturated heterocycles. The van der Waals surface area contributed by atoms with Crippen LogP contribution in [0.15, 0.2) is 12.4 Å². The number of carbonyl (C=O) groups is 1. The van der Waals surface area contributed by atoms with Crippen LogP contribution in [0.2, 0.25) is 0 Å². The van der Waals surface area contributed by atoms with Crippen LogP contribution in [-0.2, 0) is 11.3 Å². The van der Waals surface area contributed by atoms with Crippen LogP contribution in [0, 0.1) is 0 Å². The van der Waals surface area contributed by atoms with E-state index in [9.17, 15) is 18.0 Å². The number of alkyl halides is 3. The number of imidazole rings is 1. The molecule has 0 aliphatic carbocycles. The number of amides is 1. The highest BCUT2D eigenvalue weighted by atomic mass is 19.4. The Kier molecular flexibility index (Phi) is 5.47. The van der Waals surface area contributed by atoms with Crippen molar-refractivity contribution in [1.29, 1.82) is 0 Å². The molecule has 4 nitrogen and oxygen atoms in total. The molecule has 1 amide bonds. The first-order valence-corrected chi connectivity index (χ1v) is 7.76. The van der Waals surface area contributed by atoms with Gasteiger partial charge in [0.15, 0.2) is 0 Å². The van der Waals surface area contributed by atoms with Crippen molar-refractivity contribution in [3.63, 3.8) is 0 Å². The number of nitrogens with zero attached hydrogens (tertiary/aromatic N) is 3. The van der Waals surface area contributed by atoms with Crippen LogP contribution in [-0.4, -0.2) is 39.6 Å². The summed E-state index contributed by atoms with van der Waals surface area (Å²) in [6.07, 6.45) is 1.50. The van der Waals surface area contributed by atoms with Gasteiger partial charge in [-0.2, -0.15) is 13.2 Å². The largest absolute Gasteiger partial charge is 0.397 e. The van der Waals surface area contributed by atoms with Gasteiger partial charge in [0.1, 0.15) is 12.2 Å². The highest BCUT2D eigenvalue weighted by Crippen LogP contribution is 2.28. The van der Waals surface area contributed by atoms with Crippen molar-refractivity contribution >= 4 is 5.91 Å². The lowest BCUT2D eigenvalue weighted by Crippen LogP contribution is -2.41. The van der Waals surface area contributed by atoms with Crippen LogP contribution in [0.3, 0.4) is 0 Å². The average molecular weight is 317 g/mol. The maximum atomic E-state index is 12.4. The maximum absolute atomic E-state index is 12.4. The first kappa shape index (κ1) is 16.8. The minimum atomic E-state index is -4.44. The van der Waals surface area contributed by atoms with Gasteiger partial charge >= 0.3 is 6.18 Å². The molecule has 1 aromatic heterocycles. The van der Waals surface area contributed by atoms with E-state index in [1.165, 1.54) is 4.90 Å². The molecule has 1 aliphatic heterocycles. The first-order valence-electron chi connectivity index (χ1n) is 7.76. The topological polar surface area (TPSA) is 38.1 Å². The van der Waals surface area contributed by atoms with E-state index >= 15 is 0 Å². The average Bonchev–Trinajstić information content (AvgIpc) is 2.92. The summed E-state index contributed by atoms with van der Waals surface area (Å²) in [6, 6.07) is 0. The van der Waals surface area contributed by atoms with Gasteiger partial charge in [0.2, 0.25) is 5.91 Å². The number of likely N-dealkylation sites (tertiary alicyclic amines) is 1. The lowest BCUT2D eigenvalue weighted by molar-refractivity contribution is -0.162. The van der Waals surface area contributed by atoms with E-state index in [0.29, 0.717) is 13.1 Å². The van der Waals surface area contributed by atoms with Crippen LogP contribution >= 0.6 is 0 Å². The van der Waals surface area contributed by atoms with E-state index < -0.39 is 18.5 Å². The quantitative estimate of drug-likeness (QED) is 0.835. The zero-order chi connectivity index (χ0) is 16.2. The minimum absolute atomic E-state index is 0.0257. The maximum Gasteiger partial charge on any atom is 0.397 e. The lowest BCUT2D eigenvalue weighted by Gasteiger charge is -2.33. The fraction of sp³-hybridized carbons (Fsp3) is 0.733. The predicted molar refractivity (Wildman–Crippen MR) is 76.4 cm³/mol. The van der Waals surface area contributed by atoms with Gasteiger partial charge in [0, 0.05) is 37.9 Å². The van der Waals surface area contributed by atoms with Gasteiger partial charge in [0.25, 0.3) is 0 Å². The van der Waals surface area contributed by atoms with E-state index in [4.69, 9.17) is 0 Å². The zero-order valence-electron chi connectivity index (χ0n) is 12.8. The van der Waals surface area contributed by atoms with E-state index in [1.54, 1.807) is 6.20 Å². The molecule has 2 rings (SSSR count). The fourth-order valence-electron chi connectivity index (χ4n) is 2.90. The van der Waals surface area contributed by atoms with E-state index in [-0.39, 0.29) is 5.92 Å². The SMILES string of the molecule is CCCCn1ccnc1C1CCCN(C(=O)CC(F)(F)F)C1. The number of aryl methyl sites for hydroxylation is 1. The van der Waals surface area contributed by atoms with Crippen molar-refractivity contribution in [3.8, 4) is 0 Å². The molecule has 0 aromatic carbocycles. The van der Waals surface area contributed by atoms with Crippen molar-refractivity contribution in [1.82, 2.24) is 14.5 Å². The Labute approximate surface area is 128 Å². The van der Waals surface area contributed by atoms with E-state index in [2.05, 4.69) is 16.5 Å². The molecule has 7 heteroatoms. The highest BCUT2D eigenvalue weighted by molar-refractivity contribution is 5.77. The number of halogens is 3. The summed E-state index contributed by atoms with van der Waals surface area (Å²) in [6.45, 7) is 3.70. The molecule has 1 unspecified atom stereocenters. The van der Waals surface area contributed by atoms with Gasteiger partial charge in [-0.05, 0) is 19.3 Å². The second-order valence-corrected chi connectivity index (χ2v) is 5.80. The normalized spacial score (nSPS) is 19.5. The molecule has 2 heterocycles. The molecule has 1 fully saturated rings. The monoisotopic (exact) mass is 317 g/mol. The Morgan fingerprint density at radius 2 is 2.23 bits per heavy atom. The van der Waals surface area contributed by atoms with E-state index in [0.717, 1.165) is 38.1 Å². The van der Waals surface area contributed by atoms with Crippen LogP contribution in [0.1, 0.15) is 50.8 Å². The van der Waals surface area contributed by atoms with Crippen LogP contribution in [0.5, 0.6) is 0 Å². The summed E-state index contributed by atoms with van der Waals surface area (Å²) in [5.74, 6) is 0.0830. The zero-order valence-corrected chi connectivity index (χ0v) is 12.8. The summed E-state index contributed by atoms with van der Waals surface area (Å²) in [7, 11) is 0. The summed E-state index contributed by atoms with van der Waals surface area (Å²) in [4.78, 5) is 17.5. The summed E-state index contributed by atoms with van der Waals surface area (Å²) >= 11 is 0. The summed E-state index contributed by atoms with van der Waals surface area (Å²) in [5.41, 5.74) is 0. The summed E-state index contributed by atoms with van der Waals surface area (Å²) < 4.78 is 39.2. The number of hydrogen-bond acceptors (Lipinski definition) is 2. The minimum Gasteiger partial charge on any atom is -0.342 e. The van der Waals surface area contributed by atoms with Crippen molar-refractivity contribution in [2.75, 3.05) is 13.1 Å². The third-order valence-electron chi connectivity index (χ3n) is 3.99. The predicted octanol–water partition coefficient (Wildman–Crippen LogP) is 3.34. The Morgan fingerprint density at radius 3 is 2.91 bits per heavy atom. The Balaban J connectivity index is 2.01. The molecule has 1 aromatic rings. The third-order valence-corrected chi connectivity index (χ3v) is 3.99. The second-order valence-electron chi connectivity index (χ2n) is 5.80. The number of piperidine rings is 1. The number of aromatic nitrogens is 2. The molecule has 0 spiro atoms. The molecule has 0 N–H and O–H groups in total. The number of hydrogen-bond donors (Lipinski definition) is 0. The Morgan fingerprint density at radius 1 is 1.45 bits per heavy atom. The molecule has 0 saturated carbocycles. The Bertz CT molecular complexity index is 498. The van der Waals surface area contributed by atoms with Gasteiger partial charge in [0.05, 0.1) is 0 Å². The van der Waals surface area contributed by atoms with E-state index in [1.807, 2.05) is 6.20 Å². The highest BCUT2D eigenvalue weighted by Gasteiger charge is 2.35. The Hall–Kier alpha value is -1.53. The molecule has 1 atom stereocenters. The molecule has 124 valence electrons. The van der Waals surface area contributed by atoms with Gasteiger partial charge in [-0.15, -0.1) is 0 Å². The van der Waals surface area contributed by atoms with Crippen LogP contribution < -0.4 is 0 Å². The molecule has 22 heavy (non-hydrogen) atoms. The molecular weight excluding hydrogens is 295 g/mol. The third kappa shape index (κ3) is 4.48. The number of carbonyl (C=O) groups excluding carboxylic acids is 1. The van der Waals surface area contributed by atoms with Crippen LogP contribution in [0.4, 0.5) is 13.2 Å². The molecule has 0 radical (unpaired) electrons. The summed E-state index contributed by atoms with van der Waals surface area (Å²) in [5, 5.41) is 0. The van der Waals surface area contributed by atoms with Crippen molar-refractivity contribution in [2.45, 2.75) is 57.7 Å². The van der Waals surface area contributed by atoms with Crippen LogP contribution in [0.25, 0.3) is 0 Å². The van der Waals surface area contributed by atoms with Gasteiger partial charge < -0.3 is 9.47 Å². The fourth-order valence-corrected chi connectivity index (χ4v) is 2.90. The molecule has 1 aliphatic rings. The number of rotatable bonds is 5. The molecular formula is C15H22F3N3O. The number of unbranched alkanes of at least 4 members (excludes halogenated alkanes) is 1. The van der Waals surface area contributed by atoms with Crippen molar-refractivity contribution in [2.24, 2.45) is 0 Å². The van der Waals surface area contributed by atoms with Crippen molar-refractivity contribution < 1.29 is 18.0 Å². The van der Waals surface area contributed by atoms with Crippen molar-refractivity contribution in [3.05, 3.63) is 18.2 Å². The van der Waals surface area contributed by atoms with Gasteiger partial charge in [-0.3, -0.25) is 4.79 Å².